The van der Waals surface area contributed by atoms with Gasteiger partial charge in [0.2, 0.25) is 5.82 Å². The topological polar surface area (TPSA) is 136 Å². The molecular formula is C13H15N3O6S2. The molecule has 0 spiro atoms. The van der Waals surface area contributed by atoms with E-state index in [0.717, 1.165) is 18.6 Å². The van der Waals surface area contributed by atoms with Gasteiger partial charge in [-0.05, 0) is 36.7 Å². The molecule has 1 aromatic heterocycles. The average molecular weight is 373 g/mol. The van der Waals surface area contributed by atoms with E-state index in [-0.39, 0.29) is 21.8 Å². The Hall–Kier alpha value is -2.27. The lowest BCUT2D eigenvalue weighted by molar-refractivity contribution is 0.102. The number of hydrogen-bond acceptors (Lipinski definition) is 8. The van der Waals surface area contributed by atoms with Crippen LogP contribution < -0.4 is 5.32 Å². The molecule has 24 heavy (non-hydrogen) atoms. The molecule has 1 aromatic carbocycles. The molecule has 0 aliphatic heterocycles. The molecule has 2 rings (SSSR count). The predicted octanol–water partition coefficient (Wildman–Crippen LogP) is 0.746. The zero-order valence-corrected chi connectivity index (χ0v) is 14.9. The van der Waals surface area contributed by atoms with E-state index >= 15 is 0 Å². The Bertz CT molecular complexity index is 1020. The maximum Gasteiger partial charge on any atom is 0.257 e. The quantitative estimate of drug-likeness (QED) is 0.829. The first-order valence-electron chi connectivity index (χ1n) is 6.57. The minimum Gasteiger partial charge on any atom is -0.302 e. The first-order chi connectivity index (χ1) is 10.9. The number of carbonyl (C=O) groups is 1. The summed E-state index contributed by atoms with van der Waals surface area (Å²) in [4.78, 5) is 11.6. The smallest absolute Gasteiger partial charge is 0.257 e. The number of nitrogens with one attached hydrogen (secondary N) is 1. The fourth-order valence-corrected chi connectivity index (χ4v) is 5.00. The zero-order valence-electron chi connectivity index (χ0n) is 13.3. The van der Waals surface area contributed by atoms with Crippen LogP contribution in [0.4, 0.5) is 5.82 Å². The fraction of sp³-hybridized carbons (Fsp3) is 0.308. The number of nitrogens with zero attached hydrogens (tertiary/aromatic N) is 2. The van der Waals surface area contributed by atoms with Crippen LogP contribution in [-0.2, 0) is 19.7 Å². The Morgan fingerprint density at radius 1 is 1.04 bits per heavy atom. The highest BCUT2D eigenvalue weighted by atomic mass is 32.2. The van der Waals surface area contributed by atoms with Crippen LogP contribution >= 0.6 is 0 Å². The summed E-state index contributed by atoms with van der Waals surface area (Å²) in [5.74, 6) is -0.566. The normalized spacial score (nSPS) is 12.2. The van der Waals surface area contributed by atoms with E-state index in [9.17, 15) is 21.6 Å². The van der Waals surface area contributed by atoms with Crippen molar-refractivity contribution in [3.63, 3.8) is 0 Å². The maximum atomic E-state index is 12.4. The minimum atomic E-state index is -3.88. The second-order valence-corrected chi connectivity index (χ2v) is 9.20. The molecule has 0 saturated carbocycles. The monoisotopic (exact) mass is 373 g/mol. The number of sulfone groups is 2. The molecule has 0 radical (unpaired) electrons. The molecule has 0 aliphatic carbocycles. The summed E-state index contributed by atoms with van der Waals surface area (Å²) in [5.41, 5.74) is 0.384. The molecule has 0 bridgehead atoms. The van der Waals surface area contributed by atoms with Crippen LogP contribution in [0.15, 0.2) is 26.6 Å². The van der Waals surface area contributed by atoms with E-state index in [1.54, 1.807) is 6.92 Å². The van der Waals surface area contributed by atoms with Gasteiger partial charge in [0.15, 0.2) is 19.7 Å². The van der Waals surface area contributed by atoms with Gasteiger partial charge in [-0.25, -0.2) is 21.5 Å². The molecule has 130 valence electrons. The van der Waals surface area contributed by atoms with Gasteiger partial charge in [-0.2, -0.15) is 0 Å². The van der Waals surface area contributed by atoms with Gasteiger partial charge in [-0.1, -0.05) is 5.16 Å². The first-order valence-corrected chi connectivity index (χ1v) is 10.4. The average Bonchev–Trinajstić information content (AvgIpc) is 2.81. The first kappa shape index (κ1) is 18.1. The number of anilines is 1. The SMILES string of the molecule is Cc1nonc1NC(=O)c1ccc(S(C)(=O)=O)c(S(C)(=O)=O)c1C. The van der Waals surface area contributed by atoms with Crippen LogP contribution in [0.25, 0.3) is 0 Å². The Morgan fingerprint density at radius 2 is 1.67 bits per heavy atom. The summed E-state index contributed by atoms with van der Waals surface area (Å²) in [5, 5.41) is 9.45. The van der Waals surface area contributed by atoms with E-state index in [2.05, 4.69) is 20.3 Å². The molecule has 1 heterocycles. The molecular weight excluding hydrogens is 358 g/mol. The summed E-state index contributed by atoms with van der Waals surface area (Å²) in [7, 11) is -7.67. The van der Waals surface area contributed by atoms with Crippen molar-refractivity contribution in [1.82, 2.24) is 10.3 Å². The third kappa shape index (κ3) is 3.46. The molecule has 1 N–H and O–H groups in total. The number of amides is 1. The van der Waals surface area contributed by atoms with Crippen molar-refractivity contribution in [2.75, 3.05) is 17.8 Å². The third-order valence-electron chi connectivity index (χ3n) is 3.27. The highest BCUT2D eigenvalue weighted by Gasteiger charge is 2.26. The van der Waals surface area contributed by atoms with Gasteiger partial charge in [0.1, 0.15) is 5.69 Å². The van der Waals surface area contributed by atoms with Crippen molar-refractivity contribution in [3.8, 4) is 0 Å². The van der Waals surface area contributed by atoms with Gasteiger partial charge in [-0.15, -0.1) is 0 Å². The molecule has 0 fully saturated rings. The Kier molecular flexibility index (Phi) is 4.50. The van der Waals surface area contributed by atoms with Crippen molar-refractivity contribution < 1.29 is 26.3 Å². The highest BCUT2D eigenvalue weighted by Crippen LogP contribution is 2.28. The Balaban J connectivity index is 2.62. The van der Waals surface area contributed by atoms with E-state index in [1.807, 2.05) is 0 Å². The standard InChI is InChI=1S/C13H15N3O6S2/c1-7-9(13(17)14-12-8(2)15-22-16-12)5-6-10(23(3,18)19)11(7)24(4,20)21/h5-6H,1-4H3,(H,14,16,17). The summed E-state index contributed by atoms with van der Waals surface area (Å²) in [6.07, 6.45) is 1.79. The third-order valence-corrected chi connectivity index (χ3v) is 5.81. The lowest BCUT2D eigenvalue weighted by Crippen LogP contribution is -2.18. The number of hydrogen-bond donors (Lipinski definition) is 1. The zero-order chi connectivity index (χ0) is 18.3. The van der Waals surface area contributed by atoms with Crippen LogP contribution in [0.3, 0.4) is 0 Å². The van der Waals surface area contributed by atoms with Crippen LogP contribution in [0.5, 0.6) is 0 Å². The van der Waals surface area contributed by atoms with Crippen molar-refractivity contribution in [2.24, 2.45) is 0 Å². The van der Waals surface area contributed by atoms with Gasteiger partial charge in [-0.3, -0.25) is 4.79 Å². The number of carbonyl (C=O) groups excluding carboxylic acids is 1. The van der Waals surface area contributed by atoms with Gasteiger partial charge in [0.05, 0.1) is 9.79 Å². The fourth-order valence-electron chi connectivity index (χ4n) is 2.19. The van der Waals surface area contributed by atoms with E-state index < -0.39 is 30.5 Å². The molecule has 1 amide bonds. The molecule has 0 aliphatic rings. The number of rotatable bonds is 4. The van der Waals surface area contributed by atoms with Gasteiger partial charge in [0.25, 0.3) is 5.91 Å². The summed E-state index contributed by atoms with van der Waals surface area (Å²) in [6.45, 7) is 2.93. The molecule has 9 nitrogen and oxygen atoms in total. The Labute approximate surface area is 138 Å². The second kappa shape index (κ2) is 5.98. The summed E-state index contributed by atoms with van der Waals surface area (Å²) >= 11 is 0. The molecule has 0 saturated heterocycles. The second-order valence-electron chi connectivity index (χ2n) is 5.26. The summed E-state index contributed by atoms with van der Waals surface area (Å²) < 4.78 is 52.2. The number of benzene rings is 1. The lowest BCUT2D eigenvalue weighted by Gasteiger charge is -2.13. The van der Waals surface area contributed by atoms with Crippen molar-refractivity contribution in [3.05, 3.63) is 29.0 Å². The Morgan fingerprint density at radius 3 is 2.12 bits per heavy atom. The molecule has 11 heteroatoms. The summed E-state index contributed by atoms with van der Waals surface area (Å²) in [6, 6.07) is 2.35. The van der Waals surface area contributed by atoms with Crippen LogP contribution in [0, 0.1) is 13.8 Å². The molecule has 0 unspecified atom stereocenters. The van der Waals surface area contributed by atoms with Crippen molar-refractivity contribution in [1.29, 1.82) is 0 Å². The van der Waals surface area contributed by atoms with E-state index in [1.165, 1.54) is 13.0 Å². The number of aryl methyl sites for hydroxylation is 1. The van der Waals surface area contributed by atoms with Gasteiger partial charge < -0.3 is 5.32 Å². The highest BCUT2D eigenvalue weighted by molar-refractivity contribution is 7.93. The largest absolute Gasteiger partial charge is 0.302 e. The molecule has 0 atom stereocenters. The van der Waals surface area contributed by atoms with Crippen molar-refractivity contribution in [2.45, 2.75) is 23.6 Å². The minimum absolute atomic E-state index is 0.00484. The van der Waals surface area contributed by atoms with Crippen LogP contribution in [-0.4, -0.2) is 45.6 Å². The maximum absolute atomic E-state index is 12.4. The predicted molar refractivity (Wildman–Crippen MR) is 84.4 cm³/mol. The van der Waals surface area contributed by atoms with Crippen LogP contribution in [0.1, 0.15) is 21.6 Å². The number of aromatic nitrogens is 2. The van der Waals surface area contributed by atoms with E-state index in [4.69, 9.17) is 0 Å². The van der Waals surface area contributed by atoms with E-state index in [0.29, 0.717) is 5.69 Å². The van der Waals surface area contributed by atoms with Crippen LogP contribution in [0.2, 0.25) is 0 Å². The van der Waals surface area contributed by atoms with Gasteiger partial charge in [0, 0.05) is 18.1 Å². The van der Waals surface area contributed by atoms with Crippen molar-refractivity contribution >= 4 is 31.4 Å². The van der Waals surface area contributed by atoms with Gasteiger partial charge >= 0.3 is 0 Å². The lowest BCUT2D eigenvalue weighted by atomic mass is 10.1. The molecule has 2 aromatic rings.